The smallest absolute Gasteiger partial charge is 0.238 e. The first-order valence-corrected chi connectivity index (χ1v) is 12.7. The lowest BCUT2D eigenvalue weighted by Gasteiger charge is -2.06. The van der Waals surface area contributed by atoms with Crippen LogP contribution in [-0.2, 0) is 34.2 Å². The molecule has 0 spiro atoms. The summed E-state index contributed by atoms with van der Waals surface area (Å²) >= 11 is 2.75. The number of hydrogen-bond donors (Lipinski definition) is 2. The molecule has 3 aromatic rings. The Bertz CT molecular complexity index is 1300. The van der Waals surface area contributed by atoms with Gasteiger partial charge in [0.1, 0.15) is 11.1 Å². The van der Waals surface area contributed by atoms with E-state index in [1.165, 1.54) is 40.1 Å². The highest BCUT2D eigenvalue weighted by atomic mass is 32.2. The van der Waals surface area contributed by atoms with Crippen LogP contribution in [0.3, 0.4) is 0 Å². The Morgan fingerprint density at radius 3 is 2.93 bits per heavy atom. The van der Waals surface area contributed by atoms with Crippen LogP contribution in [0, 0.1) is 11.3 Å². The van der Waals surface area contributed by atoms with E-state index in [1.807, 2.05) is 11.5 Å². The van der Waals surface area contributed by atoms with Crippen LogP contribution in [0.25, 0.3) is 11.0 Å². The molecule has 2 aromatic heterocycles. The number of primary sulfonamides is 1. The number of sulfonamides is 1. The molecule has 0 unspecified atom stereocenters. The number of nitrogens with zero attached hydrogens (tertiary/aromatic N) is 3. The summed E-state index contributed by atoms with van der Waals surface area (Å²) < 4.78 is 25.1. The van der Waals surface area contributed by atoms with Crippen LogP contribution in [0.4, 0.5) is 5.00 Å². The second-order valence-corrected chi connectivity index (χ2v) is 10.5. The van der Waals surface area contributed by atoms with Gasteiger partial charge in [0, 0.05) is 11.4 Å². The van der Waals surface area contributed by atoms with Gasteiger partial charge in [0.25, 0.3) is 0 Å². The van der Waals surface area contributed by atoms with Gasteiger partial charge in [-0.25, -0.2) is 18.5 Å². The van der Waals surface area contributed by atoms with E-state index in [9.17, 15) is 18.5 Å². The normalized spacial score (nSPS) is 13.4. The van der Waals surface area contributed by atoms with Gasteiger partial charge in [0.2, 0.25) is 15.9 Å². The van der Waals surface area contributed by atoms with E-state index in [4.69, 9.17) is 5.14 Å². The first kappa shape index (κ1) is 20.9. The molecule has 0 saturated carbocycles. The van der Waals surface area contributed by atoms with Crippen molar-refractivity contribution in [2.24, 2.45) is 5.14 Å². The first-order chi connectivity index (χ1) is 14.3. The number of benzene rings is 1. The maximum absolute atomic E-state index is 12.5. The van der Waals surface area contributed by atoms with E-state index in [-0.39, 0.29) is 16.6 Å². The van der Waals surface area contributed by atoms with Crippen molar-refractivity contribution in [2.75, 3.05) is 11.1 Å². The molecule has 2 heterocycles. The van der Waals surface area contributed by atoms with Crippen LogP contribution in [-0.4, -0.2) is 29.6 Å². The van der Waals surface area contributed by atoms with Crippen molar-refractivity contribution in [3.05, 3.63) is 34.2 Å². The fourth-order valence-corrected chi connectivity index (χ4v) is 6.25. The van der Waals surface area contributed by atoms with Crippen molar-refractivity contribution in [3.63, 3.8) is 0 Å². The molecule has 3 N–H and O–H groups in total. The number of nitrogens with one attached hydrogen (secondary N) is 1. The Labute approximate surface area is 182 Å². The minimum absolute atomic E-state index is 0.000164. The third-order valence-electron chi connectivity index (χ3n) is 4.95. The molecule has 1 aliphatic rings. The lowest BCUT2D eigenvalue weighted by molar-refractivity contribution is -0.113. The fourth-order valence-electron chi connectivity index (χ4n) is 3.58. The standard InChI is InChI=1S/C19H19N5O3S3/c1-2-24-15-7-6-11(30(21,26)27)8-14(15)22-19(24)28-10-17(25)23-18-13(9-20)12-4-3-5-16(12)29-18/h6-8H,2-5,10H2,1H3,(H,23,25)(H2,21,26,27). The SMILES string of the molecule is CCn1c(SCC(=O)Nc2sc3c(c2C#N)CCC3)nc2cc(S(N)(=O)=O)ccc21. The molecule has 0 atom stereocenters. The third-order valence-corrected chi connectivity index (χ3v) is 8.04. The van der Waals surface area contributed by atoms with Gasteiger partial charge in [-0.05, 0) is 49.9 Å². The molecule has 0 bridgehead atoms. The first-order valence-electron chi connectivity index (χ1n) is 9.32. The third kappa shape index (κ3) is 3.83. The number of hydrogen-bond acceptors (Lipinski definition) is 7. The highest BCUT2D eigenvalue weighted by molar-refractivity contribution is 7.99. The number of carbonyl (C=O) groups excluding carboxylic acids is 1. The maximum Gasteiger partial charge on any atom is 0.238 e. The Hall–Kier alpha value is -2.39. The second kappa shape index (κ2) is 8.03. The van der Waals surface area contributed by atoms with Crippen LogP contribution < -0.4 is 10.5 Å². The quantitative estimate of drug-likeness (QED) is 0.543. The van der Waals surface area contributed by atoms with Crippen molar-refractivity contribution in [2.45, 2.75) is 42.8 Å². The molecule has 30 heavy (non-hydrogen) atoms. The van der Waals surface area contributed by atoms with Gasteiger partial charge in [0.15, 0.2) is 5.16 Å². The van der Waals surface area contributed by atoms with Crippen LogP contribution in [0.5, 0.6) is 0 Å². The van der Waals surface area contributed by atoms with E-state index in [0.29, 0.717) is 27.8 Å². The predicted octanol–water partition coefficient (Wildman–Crippen LogP) is 2.86. The molecule has 0 radical (unpaired) electrons. The molecule has 156 valence electrons. The minimum atomic E-state index is -3.82. The lowest BCUT2D eigenvalue weighted by atomic mass is 10.1. The van der Waals surface area contributed by atoms with Crippen LogP contribution >= 0.6 is 23.1 Å². The number of imidazole rings is 1. The summed E-state index contributed by atoms with van der Waals surface area (Å²) in [5.41, 5.74) is 2.94. The zero-order valence-corrected chi connectivity index (χ0v) is 18.6. The van der Waals surface area contributed by atoms with E-state index >= 15 is 0 Å². The number of amides is 1. The molecule has 0 saturated heterocycles. The van der Waals surface area contributed by atoms with Gasteiger partial charge in [-0.2, -0.15) is 5.26 Å². The van der Waals surface area contributed by atoms with E-state index in [0.717, 1.165) is 30.3 Å². The van der Waals surface area contributed by atoms with Gasteiger partial charge in [-0.1, -0.05) is 11.8 Å². The number of rotatable bonds is 6. The number of thiophene rings is 1. The monoisotopic (exact) mass is 461 g/mol. The van der Waals surface area contributed by atoms with E-state index in [1.54, 1.807) is 6.07 Å². The number of carbonyl (C=O) groups is 1. The molecule has 4 rings (SSSR count). The van der Waals surface area contributed by atoms with Crippen LogP contribution in [0.15, 0.2) is 28.3 Å². The van der Waals surface area contributed by atoms with Crippen molar-refractivity contribution >= 4 is 55.1 Å². The van der Waals surface area contributed by atoms with Gasteiger partial charge in [-0.15, -0.1) is 11.3 Å². The van der Waals surface area contributed by atoms with Crippen LogP contribution in [0.1, 0.15) is 29.3 Å². The zero-order chi connectivity index (χ0) is 21.5. The van der Waals surface area contributed by atoms with Gasteiger partial charge >= 0.3 is 0 Å². The number of nitriles is 1. The summed E-state index contributed by atoms with van der Waals surface area (Å²) in [6.07, 6.45) is 2.90. The Morgan fingerprint density at radius 2 is 2.23 bits per heavy atom. The van der Waals surface area contributed by atoms with Crippen molar-refractivity contribution < 1.29 is 13.2 Å². The summed E-state index contributed by atoms with van der Waals surface area (Å²) in [6, 6.07) is 6.78. The Kier molecular flexibility index (Phi) is 5.59. The topological polar surface area (TPSA) is 131 Å². The molecular weight excluding hydrogens is 442 g/mol. The summed E-state index contributed by atoms with van der Waals surface area (Å²) in [5, 5.41) is 18.8. The number of aryl methyl sites for hydroxylation is 2. The average molecular weight is 462 g/mol. The fraction of sp³-hybridized carbons (Fsp3) is 0.316. The molecule has 11 heteroatoms. The van der Waals surface area contributed by atoms with Crippen LogP contribution in [0.2, 0.25) is 0 Å². The summed E-state index contributed by atoms with van der Waals surface area (Å²) in [7, 11) is -3.82. The maximum atomic E-state index is 12.5. The Balaban J connectivity index is 1.52. The number of fused-ring (bicyclic) bond motifs is 2. The molecule has 0 aliphatic heterocycles. The van der Waals surface area contributed by atoms with Gasteiger partial charge in [0.05, 0.1) is 27.2 Å². The summed E-state index contributed by atoms with van der Waals surface area (Å²) in [6.45, 7) is 2.57. The predicted molar refractivity (Wildman–Crippen MR) is 117 cm³/mol. The largest absolute Gasteiger partial charge is 0.319 e. The average Bonchev–Trinajstić information content (AvgIpc) is 3.36. The number of aromatic nitrogens is 2. The summed E-state index contributed by atoms with van der Waals surface area (Å²) in [4.78, 5) is 18.2. The lowest BCUT2D eigenvalue weighted by Crippen LogP contribution is -2.14. The molecule has 1 aliphatic carbocycles. The molecule has 1 aromatic carbocycles. The highest BCUT2D eigenvalue weighted by Gasteiger charge is 2.23. The van der Waals surface area contributed by atoms with E-state index < -0.39 is 10.0 Å². The molecule has 1 amide bonds. The number of thioether (sulfide) groups is 1. The van der Waals surface area contributed by atoms with Gasteiger partial charge < -0.3 is 9.88 Å². The Morgan fingerprint density at radius 1 is 1.43 bits per heavy atom. The van der Waals surface area contributed by atoms with Crippen molar-refractivity contribution in [1.82, 2.24) is 9.55 Å². The second-order valence-electron chi connectivity index (χ2n) is 6.84. The number of anilines is 1. The molecule has 8 nitrogen and oxygen atoms in total. The van der Waals surface area contributed by atoms with E-state index in [2.05, 4.69) is 16.4 Å². The highest BCUT2D eigenvalue weighted by Crippen LogP contribution is 2.38. The summed E-state index contributed by atoms with van der Waals surface area (Å²) in [5.74, 6) is -0.0879. The van der Waals surface area contributed by atoms with Gasteiger partial charge in [-0.3, -0.25) is 4.79 Å². The molecular formula is C19H19N5O3S3. The zero-order valence-electron chi connectivity index (χ0n) is 16.1. The minimum Gasteiger partial charge on any atom is -0.319 e. The van der Waals surface area contributed by atoms with Crippen molar-refractivity contribution in [1.29, 1.82) is 5.26 Å². The van der Waals surface area contributed by atoms with Crippen molar-refractivity contribution in [3.8, 4) is 6.07 Å². The number of nitrogens with two attached hydrogens (primary N) is 1. The molecule has 0 fully saturated rings.